The van der Waals surface area contributed by atoms with Gasteiger partial charge < -0.3 is 15.4 Å². The molecule has 1 atom stereocenters. The van der Waals surface area contributed by atoms with Crippen LogP contribution in [0.5, 0.6) is 0 Å². The molecule has 1 unspecified atom stereocenters. The highest BCUT2D eigenvalue weighted by molar-refractivity contribution is 5.95. The van der Waals surface area contributed by atoms with Gasteiger partial charge in [0, 0.05) is 31.5 Å². The van der Waals surface area contributed by atoms with E-state index in [1.807, 2.05) is 20.0 Å². The minimum absolute atomic E-state index is 0.0340. The summed E-state index contributed by atoms with van der Waals surface area (Å²) in [5.74, 6) is 0.0340. The number of nitrogen functional groups attached to an aromatic ring is 1. The standard InChI is InChI=1S/C15H22N2O2/c1-11-9-12(16)6-7-14(11)15(18)17(2)10-13-5-3-4-8-19-13/h6-7,9,13H,3-5,8,10,16H2,1-2H3. The maximum Gasteiger partial charge on any atom is 0.253 e. The molecule has 4 heteroatoms. The van der Waals surface area contributed by atoms with Gasteiger partial charge >= 0.3 is 0 Å². The fraction of sp³-hybridized carbons (Fsp3) is 0.533. The van der Waals surface area contributed by atoms with Gasteiger partial charge in [0.25, 0.3) is 5.91 Å². The maximum atomic E-state index is 12.4. The smallest absolute Gasteiger partial charge is 0.253 e. The predicted octanol–water partition coefficient (Wildman–Crippen LogP) is 2.22. The van der Waals surface area contributed by atoms with Gasteiger partial charge in [0.05, 0.1) is 6.10 Å². The van der Waals surface area contributed by atoms with Crippen LogP contribution in [0.4, 0.5) is 5.69 Å². The number of benzene rings is 1. The summed E-state index contributed by atoms with van der Waals surface area (Å²) in [5.41, 5.74) is 8.03. The van der Waals surface area contributed by atoms with Crippen LogP contribution in [0.1, 0.15) is 35.2 Å². The lowest BCUT2D eigenvalue weighted by Crippen LogP contribution is -2.37. The highest BCUT2D eigenvalue weighted by Gasteiger charge is 2.20. The molecule has 0 bridgehead atoms. The van der Waals surface area contributed by atoms with Gasteiger partial charge in [-0.2, -0.15) is 0 Å². The molecule has 2 N–H and O–H groups in total. The van der Waals surface area contributed by atoms with E-state index in [4.69, 9.17) is 10.5 Å². The third-order valence-corrected chi connectivity index (χ3v) is 3.58. The van der Waals surface area contributed by atoms with Crippen molar-refractivity contribution in [2.45, 2.75) is 32.3 Å². The first kappa shape index (κ1) is 13.9. The lowest BCUT2D eigenvalue weighted by Gasteiger charge is -2.27. The first-order chi connectivity index (χ1) is 9.08. The monoisotopic (exact) mass is 262 g/mol. The minimum Gasteiger partial charge on any atom is -0.399 e. The Morgan fingerprint density at radius 1 is 1.47 bits per heavy atom. The fourth-order valence-corrected chi connectivity index (χ4v) is 2.47. The summed E-state index contributed by atoms with van der Waals surface area (Å²) < 4.78 is 5.67. The van der Waals surface area contributed by atoms with Crippen molar-refractivity contribution in [2.24, 2.45) is 0 Å². The van der Waals surface area contributed by atoms with Crippen LogP contribution in [0, 0.1) is 6.92 Å². The van der Waals surface area contributed by atoms with Crippen LogP contribution < -0.4 is 5.73 Å². The van der Waals surface area contributed by atoms with Gasteiger partial charge in [-0.25, -0.2) is 0 Å². The van der Waals surface area contributed by atoms with E-state index in [9.17, 15) is 4.79 Å². The van der Waals surface area contributed by atoms with Crippen LogP contribution in [0.2, 0.25) is 0 Å². The molecule has 1 aliphatic rings. The van der Waals surface area contributed by atoms with Crippen LogP contribution in [0.25, 0.3) is 0 Å². The van der Waals surface area contributed by atoms with E-state index in [1.165, 1.54) is 6.42 Å². The summed E-state index contributed by atoms with van der Waals surface area (Å²) in [4.78, 5) is 14.1. The molecular formula is C15H22N2O2. The molecule has 0 spiro atoms. The SMILES string of the molecule is Cc1cc(N)ccc1C(=O)N(C)CC1CCCCO1. The first-order valence-electron chi connectivity index (χ1n) is 6.81. The number of nitrogens with two attached hydrogens (primary N) is 1. The van der Waals surface area contributed by atoms with E-state index in [1.54, 1.807) is 17.0 Å². The minimum atomic E-state index is 0.0340. The van der Waals surface area contributed by atoms with Gasteiger partial charge in [0.2, 0.25) is 0 Å². The Kier molecular flexibility index (Phi) is 4.43. The number of nitrogens with zero attached hydrogens (tertiary/aromatic N) is 1. The Bertz CT molecular complexity index is 453. The lowest BCUT2D eigenvalue weighted by molar-refractivity contribution is -0.000201. The van der Waals surface area contributed by atoms with Gasteiger partial charge in [-0.1, -0.05) is 0 Å². The van der Waals surface area contributed by atoms with Crippen molar-refractivity contribution in [3.63, 3.8) is 0 Å². The Balaban J connectivity index is 2.01. The van der Waals surface area contributed by atoms with E-state index in [2.05, 4.69) is 0 Å². The number of hydrogen-bond donors (Lipinski definition) is 1. The van der Waals surface area contributed by atoms with E-state index in [0.717, 1.165) is 25.0 Å². The molecule has 1 aliphatic heterocycles. The topological polar surface area (TPSA) is 55.6 Å². The van der Waals surface area contributed by atoms with Crippen LogP contribution in [-0.2, 0) is 4.74 Å². The molecule has 0 radical (unpaired) electrons. The van der Waals surface area contributed by atoms with Crippen molar-refractivity contribution in [1.82, 2.24) is 4.90 Å². The van der Waals surface area contributed by atoms with Crippen LogP contribution in [-0.4, -0.2) is 37.1 Å². The number of amides is 1. The largest absolute Gasteiger partial charge is 0.399 e. The first-order valence-corrected chi connectivity index (χ1v) is 6.81. The molecule has 1 amide bonds. The average Bonchev–Trinajstić information content (AvgIpc) is 2.39. The molecule has 19 heavy (non-hydrogen) atoms. The Labute approximate surface area is 114 Å². The Hall–Kier alpha value is -1.55. The number of anilines is 1. The second-order valence-electron chi connectivity index (χ2n) is 5.25. The summed E-state index contributed by atoms with van der Waals surface area (Å²) in [6.07, 6.45) is 3.54. The van der Waals surface area contributed by atoms with Crippen molar-refractivity contribution < 1.29 is 9.53 Å². The zero-order valence-corrected chi connectivity index (χ0v) is 11.7. The molecule has 1 heterocycles. The molecule has 2 rings (SSSR count). The van der Waals surface area contributed by atoms with Crippen LogP contribution in [0.15, 0.2) is 18.2 Å². The third-order valence-electron chi connectivity index (χ3n) is 3.58. The van der Waals surface area contributed by atoms with Crippen molar-refractivity contribution in [1.29, 1.82) is 0 Å². The van der Waals surface area contributed by atoms with Crippen molar-refractivity contribution in [3.8, 4) is 0 Å². The highest BCUT2D eigenvalue weighted by atomic mass is 16.5. The Morgan fingerprint density at radius 2 is 2.26 bits per heavy atom. The fourth-order valence-electron chi connectivity index (χ4n) is 2.47. The molecule has 104 valence electrons. The zero-order chi connectivity index (χ0) is 13.8. The van der Waals surface area contributed by atoms with E-state index >= 15 is 0 Å². The molecule has 0 saturated carbocycles. The van der Waals surface area contributed by atoms with Gasteiger partial charge in [-0.3, -0.25) is 4.79 Å². The number of likely N-dealkylation sites (N-methyl/N-ethyl adjacent to an activating group) is 1. The zero-order valence-electron chi connectivity index (χ0n) is 11.7. The molecule has 1 fully saturated rings. The maximum absolute atomic E-state index is 12.4. The van der Waals surface area contributed by atoms with Gasteiger partial charge in [-0.15, -0.1) is 0 Å². The van der Waals surface area contributed by atoms with E-state index in [-0.39, 0.29) is 12.0 Å². The molecule has 0 aromatic heterocycles. The van der Waals surface area contributed by atoms with Crippen LogP contribution in [0.3, 0.4) is 0 Å². The van der Waals surface area contributed by atoms with Crippen molar-refractivity contribution in [2.75, 3.05) is 25.9 Å². The summed E-state index contributed by atoms with van der Waals surface area (Å²) in [7, 11) is 1.83. The molecule has 0 aliphatic carbocycles. The second-order valence-corrected chi connectivity index (χ2v) is 5.25. The van der Waals surface area contributed by atoms with Gasteiger partial charge in [0.15, 0.2) is 0 Å². The Morgan fingerprint density at radius 3 is 2.89 bits per heavy atom. The highest BCUT2D eigenvalue weighted by Crippen LogP contribution is 2.17. The van der Waals surface area contributed by atoms with Crippen molar-refractivity contribution in [3.05, 3.63) is 29.3 Å². The molecule has 4 nitrogen and oxygen atoms in total. The number of carbonyl (C=O) groups is 1. The summed E-state index contributed by atoms with van der Waals surface area (Å²) in [6.45, 7) is 3.38. The third kappa shape index (κ3) is 3.47. The number of aryl methyl sites for hydroxylation is 1. The van der Waals surface area contributed by atoms with Gasteiger partial charge in [-0.05, 0) is 49.9 Å². The molecular weight excluding hydrogens is 240 g/mol. The van der Waals surface area contributed by atoms with Gasteiger partial charge in [0.1, 0.15) is 0 Å². The number of rotatable bonds is 3. The average molecular weight is 262 g/mol. The summed E-state index contributed by atoms with van der Waals surface area (Å²) >= 11 is 0. The summed E-state index contributed by atoms with van der Waals surface area (Å²) in [6, 6.07) is 5.40. The second kappa shape index (κ2) is 6.06. The lowest BCUT2D eigenvalue weighted by atomic mass is 10.1. The molecule has 1 aromatic carbocycles. The van der Waals surface area contributed by atoms with Crippen molar-refractivity contribution >= 4 is 11.6 Å². The number of carbonyl (C=O) groups excluding carboxylic acids is 1. The normalized spacial score (nSPS) is 19.2. The number of hydrogen-bond acceptors (Lipinski definition) is 3. The van der Waals surface area contributed by atoms with E-state index < -0.39 is 0 Å². The quantitative estimate of drug-likeness (QED) is 0.850. The van der Waals surface area contributed by atoms with Crippen LogP contribution >= 0.6 is 0 Å². The van der Waals surface area contributed by atoms with E-state index in [0.29, 0.717) is 17.8 Å². The molecule has 1 saturated heterocycles. The summed E-state index contributed by atoms with van der Waals surface area (Å²) in [5, 5.41) is 0. The molecule has 1 aromatic rings. The predicted molar refractivity (Wildman–Crippen MR) is 76.1 cm³/mol. The number of ether oxygens (including phenoxy) is 1.